The van der Waals surface area contributed by atoms with Gasteiger partial charge >= 0.3 is 0 Å². The normalized spacial score (nSPS) is 18.6. The van der Waals surface area contributed by atoms with E-state index in [0.717, 1.165) is 38.4 Å². The summed E-state index contributed by atoms with van der Waals surface area (Å²) < 4.78 is 5.63. The maximum absolute atomic E-state index is 8.95. The highest BCUT2D eigenvalue weighted by atomic mass is 16.5. The molecule has 0 bridgehead atoms. The van der Waals surface area contributed by atoms with Crippen LogP contribution in [0.25, 0.3) is 0 Å². The molecule has 0 amide bonds. The van der Waals surface area contributed by atoms with Crippen LogP contribution in [0.2, 0.25) is 0 Å². The molecule has 1 atom stereocenters. The predicted molar refractivity (Wildman–Crippen MR) is 70.2 cm³/mol. The zero-order valence-corrected chi connectivity index (χ0v) is 10.6. The minimum absolute atomic E-state index is 0.273. The highest BCUT2D eigenvalue weighted by Crippen LogP contribution is 2.19. The molecule has 0 aromatic carbocycles. The lowest BCUT2D eigenvalue weighted by Gasteiger charge is -2.25. The molecule has 5 heteroatoms. The van der Waals surface area contributed by atoms with E-state index in [-0.39, 0.29) is 6.10 Å². The summed E-state index contributed by atoms with van der Waals surface area (Å²) in [5.41, 5.74) is 6.39. The van der Waals surface area contributed by atoms with Gasteiger partial charge in [0.2, 0.25) is 0 Å². The van der Waals surface area contributed by atoms with Crippen molar-refractivity contribution in [2.45, 2.75) is 25.9 Å². The van der Waals surface area contributed by atoms with Crippen LogP contribution in [-0.4, -0.2) is 30.8 Å². The van der Waals surface area contributed by atoms with Crippen LogP contribution >= 0.6 is 0 Å². The summed E-state index contributed by atoms with van der Waals surface area (Å²) in [6.07, 6.45) is 2.49. The van der Waals surface area contributed by atoms with Gasteiger partial charge in [-0.1, -0.05) is 0 Å². The Labute approximate surface area is 107 Å². The molecule has 1 aromatic rings. The van der Waals surface area contributed by atoms with Gasteiger partial charge in [-0.3, -0.25) is 0 Å². The van der Waals surface area contributed by atoms with Gasteiger partial charge in [-0.2, -0.15) is 5.26 Å². The van der Waals surface area contributed by atoms with Crippen molar-refractivity contribution in [3.63, 3.8) is 0 Å². The van der Waals surface area contributed by atoms with Crippen molar-refractivity contribution in [2.24, 2.45) is 0 Å². The Bertz CT molecular complexity index is 449. The van der Waals surface area contributed by atoms with Gasteiger partial charge in [0.05, 0.1) is 11.8 Å². The number of likely N-dealkylation sites (N-methyl/N-ethyl adjacent to an activating group) is 1. The summed E-state index contributed by atoms with van der Waals surface area (Å²) in [7, 11) is 0. The first-order valence-electron chi connectivity index (χ1n) is 6.27. The van der Waals surface area contributed by atoms with Crippen LogP contribution in [0.15, 0.2) is 12.1 Å². The standard InChI is InChI=1S/C13H18N4O/c1-2-17(9-10-4-3-7-18-10)13-6-5-11(15)12(8-14)16-13/h5-6,10H,2-4,7,9,15H2,1H3. The largest absolute Gasteiger partial charge is 0.396 e. The molecule has 96 valence electrons. The fourth-order valence-electron chi connectivity index (χ4n) is 2.14. The second kappa shape index (κ2) is 5.69. The van der Waals surface area contributed by atoms with E-state index in [1.165, 1.54) is 0 Å². The van der Waals surface area contributed by atoms with Crippen molar-refractivity contribution in [2.75, 3.05) is 30.3 Å². The lowest BCUT2D eigenvalue weighted by molar-refractivity contribution is 0.115. The molecule has 2 N–H and O–H groups in total. The van der Waals surface area contributed by atoms with Gasteiger partial charge in [0.15, 0.2) is 5.69 Å². The van der Waals surface area contributed by atoms with E-state index in [1.807, 2.05) is 12.1 Å². The Morgan fingerprint density at radius 1 is 1.61 bits per heavy atom. The van der Waals surface area contributed by atoms with Gasteiger partial charge in [0.25, 0.3) is 0 Å². The molecule has 1 unspecified atom stereocenters. The van der Waals surface area contributed by atoms with E-state index < -0.39 is 0 Å². The number of anilines is 2. The minimum atomic E-state index is 0.273. The SMILES string of the molecule is CCN(CC1CCCO1)c1ccc(N)c(C#N)n1. The Morgan fingerprint density at radius 3 is 3.06 bits per heavy atom. The first-order chi connectivity index (χ1) is 8.74. The third-order valence-corrected chi connectivity index (χ3v) is 3.17. The van der Waals surface area contributed by atoms with E-state index in [4.69, 9.17) is 15.7 Å². The quantitative estimate of drug-likeness (QED) is 0.872. The maximum Gasteiger partial charge on any atom is 0.165 e. The van der Waals surface area contributed by atoms with Gasteiger partial charge in [0.1, 0.15) is 11.9 Å². The fraction of sp³-hybridized carbons (Fsp3) is 0.538. The van der Waals surface area contributed by atoms with Gasteiger partial charge in [-0.05, 0) is 31.9 Å². The summed E-state index contributed by atoms with van der Waals surface area (Å²) in [5, 5.41) is 8.95. The number of ether oxygens (including phenoxy) is 1. The van der Waals surface area contributed by atoms with Gasteiger partial charge < -0.3 is 15.4 Å². The van der Waals surface area contributed by atoms with Crippen LogP contribution in [0.4, 0.5) is 11.5 Å². The molecule has 0 radical (unpaired) electrons. The maximum atomic E-state index is 8.95. The van der Waals surface area contributed by atoms with Gasteiger partial charge in [0, 0.05) is 19.7 Å². The van der Waals surface area contributed by atoms with Crippen molar-refractivity contribution in [1.29, 1.82) is 5.26 Å². The average molecular weight is 246 g/mol. The lowest BCUT2D eigenvalue weighted by Crippen LogP contribution is -2.32. The van der Waals surface area contributed by atoms with E-state index >= 15 is 0 Å². The van der Waals surface area contributed by atoms with Crippen LogP contribution in [0.1, 0.15) is 25.5 Å². The molecule has 0 saturated carbocycles. The van der Waals surface area contributed by atoms with E-state index in [0.29, 0.717) is 11.4 Å². The summed E-state index contributed by atoms with van der Waals surface area (Å²) in [4.78, 5) is 6.41. The third kappa shape index (κ3) is 2.71. The molecule has 1 aromatic heterocycles. The molecule has 1 fully saturated rings. The van der Waals surface area contributed by atoms with Crippen molar-refractivity contribution < 1.29 is 4.74 Å². The number of hydrogen-bond donors (Lipinski definition) is 1. The predicted octanol–water partition coefficient (Wildman–Crippen LogP) is 1.54. The summed E-state index contributed by atoms with van der Waals surface area (Å²) >= 11 is 0. The smallest absolute Gasteiger partial charge is 0.165 e. The molecule has 1 aliphatic rings. The number of aromatic nitrogens is 1. The molecule has 1 aliphatic heterocycles. The van der Waals surface area contributed by atoms with E-state index in [9.17, 15) is 0 Å². The van der Waals surface area contributed by atoms with Gasteiger partial charge in [-0.15, -0.1) is 0 Å². The molecule has 0 spiro atoms. The van der Waals surface area contributed by atoms with Gasteiger partial charge in [-0.25, -0.2) is 4.98 Å². The zero-order chi connectivity index (χ0) is 13.0. The Hall–Kier alpha value is -1.80. The van der Waals surface area contributed by atoms with E-state index in [2.05, 4.69) is 16.8 Å². The molecular formula is C13H18N4O. The van der Waals surface area contributed by atoms with Crippen molar-refractivity contribution in [3.8, 4) is 6.07 Å². The summed E-state index contributed by atoms with van der Waals surface area (Å²) in [6.45, 7) is 4.57. The molecule has 0 aliphatic carbocycles. The number of nitrogens with two attached hydrogens (primary N) is 1. The highest BCUT2D eigenvalue weighted by Gasteiger charge is 2.19. The fourth-order valence-corrected chi connectivity index (χ4v) is 2.14. The Balaban J connectivity index is 2.14. The van der Waals surface area contributed by atoms with Crippen LogP contribution < -0.4 is 10.6 Å². The number of nitrogen functional groups attached to an aromatic ring is 1. The molecule has 1 saturated heterocycles. The number of hydrogen-bond acceptors (Lipinski definition) is 5. The molecule has 2 heterocycles. The van der Waals surface area contributed by atoms with Crippen LogP contribution in [0.5, 0.6) is 0 Å². The number of pyridine rings is 1. The lowest BCUT2D eigenvalue weighted by atomic mass is 10.2. The summed E-state index contributed by atoms with van der Waals surface area (Å²) in [5.74, 6) is 0.791. The molecule has 18 heavy (non-hydrogen) atoms. The molecule has 2 rings (SSSR count). The average Bonchev–Trinajstić information content (AvgIpc) is 2.89. The van der Waals surface area contributed by atoms with Crippen molar-refractivity contribution in [3.05, 3.63) is 17.8 Å². The molecule has 5 nitrogen and oxygen atoms in total. The summed E-state index contributed by atoms with van der Waals surface area (Å²) in [6, 6.07) is 5.61. The first kappa shape index (κ1) is 12.7. The second-order valence-electron chi connectivity index (χ2n) is 4.39. The zero-order valence-electron chi connectivity index (χ0n) is 10.6. The number of nitrogens with zero attached hydrogens (tertiary/aromatic N) is 3. The van der Waals surface area contributed by atoms with Crippen molar-refractivity contribution in [1.82, 2.24) is 4.98 Å². The van der Waals surface area contributed by atoms with Crippen LogP contribution in [0, 0.1) is 11.3 Å². The Kier molecular flexibility index (Phi) is 4.00. The van der Waals surface area contributed by atoms with E-state index in [1.54, 1.807) is 6.07 Å². The molecular weight excluding hydrogens is 228 g/mol. The number of nitriles is 1. The van der Waals surface area contributed by atoms with Crippen molar-refractivity contribution >= 4 is 11.5 Å². The monoisotopic (exact) mass is 246 g/mol. The Morgan fingerprint density at radius 2 is 2.44 bits per heavy atom. The third-order valence-electron chi connectivity index (χ3n) is 3.17. The second-order valence-corrected chi connectivity index (χ2v) is 4.39. The highest BCUT2D eigenvalue weighted by molar-refractivity contribution is 5.55. The number of rotatable bonds is 4. The topological polar surface area (TPSA) is 75.2 Å². The van der Waals surface area contributed by atoms with Crippen LogP contribution in [-0.2, 0) is 4.74 Å². The van der Waals surface area contributed by atoms with Crippen LogP contribution in [0.3, 0.4) is 0 Å². The minimum Gasteiger partial charge on any atom is -0.396 e. The first-order valence-corrected chi connectivity index (χ1v) is 6.27.